The van der Waals surface area contributed by atoms with Crippen LogP contribution in [-0.2, 0) is 13.6 Å². The van der Waals surface area contributed by atoms with E-state index in [2.05, 4.69) is 15.5 Å². The summed E-state index contributed by atoms with van der Waals surface area (Å²) in [7, 11) is 1.54. The lowest BCUT2D eigenvalue weighted by Crippen LogP contribution is -2.15. The van der Waals surface area contributed by atoms with Gasteiger partial charge in [-0.25, -0.2) is 0 Å². The average Bonchev–Trinajstić information content (AvgIpc) is 3.14. The number of carbonyl (C=O) groups excluding carboxylic acids is 1. The van der Waals surface area contributed by atoms with E-state index in [1.165, 1.54) is 18.7 Å². The smallest absolute Gasteiger partial charge is 0.303 e. The summed E-state index contributed by atoms with van der Waals surface area (Å²) in [5, 5.41) is 22.5. The van der Waals surface area contributed by atoms with Crippen LogP contribution in [0.15, 0.2) is 36.5 Å². The Bertz CT molecular complexity index is 994. The van der Waals surface area contributed by atoms with Crippen molar-refractivity contribution in [2.24, 2.45) is 7.05 Å². The molecular weight excluding hydrogens is 360 g/mol. The molecule has 0 aliphatic rings. The van der Waals surface area contributed by atoms with Gasteiger partial charge in [-0.15, -0.1) is 0 Å². The van der Waals surface area contributed by atoms with Crippen molar-refractivity contribution in [2.45, 2.75) is 13.5 Å². The van der Waals surface area contributed by atoms with Crippen LogP contribution in [0.25, 0.3) is 0 Å². The molecule has 2 aromatic heterocycles. The molecule has 0 unspecified atom stereocenters. The van der Waals surface area contributed by atoms with Gasteiger partial charge in [-0.2, -0.15) is 10.2 Å². The number of aryl methyl sites for hydroxylation is 1. The van der Waals surface area contributed by atoms with Crippen molar-refractivity contribution in [3.05, 3.63) is 68.6 Å². The number of rotatable bonds is 5. The van der Waals surface area contributed by atoms with Crippen LogP contribution < -0.4 is 5.32 Å². The van der Waals surface area contributed by atoms with Gasteiger partial charge in [0.2, 0.25) is 5.69 Å². The van der Waals surface area contributed by atoms with Crippen LogP contribution in [0.4, 0.5) is 11.5 Å². The molecule has 0 saturated carbocycles. The van der Waals surface area contributed by atoms with Crippen molar-refractivity contribution in [1.82, 2.24) is 19.6 Å². The summed E-state index contributed by atoms with van der Waals surface area (Å²) in [6, 6.07) is 8.96. The number of hydrogen-bond acceptors (Lipinski definition) is 5. The average molecular weight is 375 g/mol. The summed E-state index contributed by atoms with van der Waals surface area (Å²) >= 11 is 6.12. The summed E-state index contributed by atoms with van der Waals surface area (Å²) in [5.74, 6) is -0.428. The van der Waals surface area contributed by atoms with Crippen molar-refractivity contribution < 1.29 is 9.72 Å². The normalized spacial score (nSPS) is 10.7. The van der Waals surface area contributed by atoms with Crippen LogP contribution in [0.3, 0.4) is 0 Å². The molecule has 0 radical (unpaired) electrons. The summed E-state index contributed by atoms with van der Waals surface area (Å²) in [5.41, 5.74) is 0.603. The molecule has 1 N–H and O–H groups in total. The highest BCUT2D eigenvalue weighted by Gasteiger charge is 2.29. The first-order valence-corrected chi connectivity index (χ1v) is 8.01. The van der Waals surface area contributed by atoms with Crippen LogP contribution >= 0.6 is 11.6 Å². The number of nitrogens with one attached hydrogen (secondary N) is 1. The van der Waals surface area contributed by atoms with Crippen molar-refractivity contribution in [3.63, 3.8) is 0 Å². The van der Waals surface area contributed by atoms with Crippen molar-refractivity contribution >= 4 is 29.0 Å². The predicted molar refractivity (Wildman–Crippen MR) is 95.3 cm³/mol. The van der Waals surface area contributed by atoms with Crippen molar-refractivity contribution in [3.8, 4) is 0 Å². The lowest BCUT2D eigenvalue weighted by molar-refractivity contribution is -0.385. The summed E-state index contributed by atoms with van der Waals surface area (Å²) in [4.78, 5) is 22.9. The minimum atomic E-state index is -0.691. The molecule has 0 bridgehead atoms. The third kappa shape index (κ3) is 3.42. The number of nitrogens with zero attached hydrogens (tertiary/aromatic N) is 5. The van der Waals surface area contributed by atoms with E-state index in [1.807, 2.05) is 18.2 Å². The van der Waals surface area contributed by atoms with Gasteiger partial charge in [-0.1, -0.05) is 29.8 Å². The molecule has 134 valence electrons. The molecule has 0 spiro atoms. The number of amides is 1. The zero-order valence-corrected chi connectivity index (χ0v) is 14.8. The van der Waals surface area contributed by atoms with Gasteiger partial charge in [0.1, 0.15) is 5.69 Å². The Hall–Kier alpha value is -3.20. The number of carbonyl (C=O) groups is 1. The molecule has 0 fully saturated rings. The maximum atomic E-state index is 12.4. The molecule has 10 heteroatoms. The van der Waals surface area contributed by atoms with E-state index in [4.69, 9.17) is 11.6 Å². The van der Waals surface area contributed by atoms with Gasteiger partial charge in [0, 0.05) is 24.3 Å². The van der Waals surface area contributed by atoms with E-state index in [0.717, 1.165) is 5.56 Å². The third-order valence-electron chi connectivity index (χ3n) is 3.87. The molecule has 0 atom stereocenters. The molecule has 0 aliphatic heterocycles. The molecule has 1 aromatic carbocycles. The zero-order chi connectivity index (χ0) is 18.8. The van der Waals surface area contributed by atoms with E-state index >= 15 is 0 Å². The topological polar surface area (TPSA) is 108 Å². The minimum Gasteiger partial charge on any atom is -0.303 e. The number of benzene rings is 1. The molecule has 3 rings (SSSR count). The minimum absolute atomic E-state index is 0.254. The Kier molecular flexibility index (Phi) is 4.72. The maximum absolute atomic E-state index is 12.4. The molecule has 1 amide bonds. The largest absolute Gasteiger partial charge is 0.322 e. The first-order valence-electron chi connectivity index (χ1n) is 7.63. The number of halogens is 1. The van der Waals surface area contributed by atoms with Crippen LogP contribution in [0.2, 0.25) is 5.02 Å². The molecule has 0 aliphatic carbocycles. The summed E-state index contributed by atoms with van der Waals surface area (Å²) in [6.07, 6.45) is 1.68. The number of hydrogen-bond donors (Lipinski definition) is 1. The number of aromatic nitrogens is 4. The van der Waals surface area contributed by atoms with Gasteiger partial charge in [-0.3, -0.25) is 24.3 Å². The van der Waals surface area contributed by atoms with Gasteiger partial charge in [-0.05, 0) is 18.6 Å². The second-order valence-electron chi connectivity index (χ2n) is 5.61. The lowest BCUT2D eigenvalue weighted by Gasteiger charge is -2.04. The Morgan fingerprint density at radius 3 is 2.73 bits per heavy atom. The molecular formula is C16H15ClN6O3. The highest BCUT2D eigenvalue weighted by molar-refractivity contribution is 6.31. The monoisotopic (exact) mass is 374 g/mol. The van der Waals surface area contributed by atoms with E-state index in [0.29, 0.717) is 17.3 Å². The molecule has 0 saturated heterocycles. The third-order valence-corrected chi connectivity index (χ3v) is 4.24. The van der Waals surface area contributed by atoms with Gasteiger partial charge in [0.05, 0.1) is 11.5 Å². The summed E-state index contributed by atoms with van der Waals surface area (Å²) in [6.45, 7) is 1.96. The zero-order valence-electron chi connectivity index (χ0n) is 14.0. The molecule has 2 heterocycles. The molecule has 9 nitrogen and oxygen atoms in total. The second-order valence-corrected chi connectivity index (χ2v) is 6.01. The van der Waals surface area contributed by atoms with Crippen molar-refractivity contribution in [1.29, 1.82) is 0 Å². The first-order chi connectivity index (χ1) is 12.4. The second kappa shape index (κ2) is 6.96. The quantitative estimate of drug-likeness (QED) is 0.545. The maximum Gasteiger partial charge on any atom is 0.322 e. The van der Waals surface area contributed by atoms with Gasteiger partial charge in [0.15, 0.2) is 5.82 Å². The SMILES string of the molecule is Cc1c([N+](=O)[O-])c(C(=O)Nc2ccn(Cc3ccccc3Cl)n2)nn1C. The van der Waals surface area contributed by atoms with Gasteiger partial charge in [0.25, 0.3) is 5.91 Å². The Morgan fingerprint density at radius 2 is 2.04 bits per heavy atom. The van der Waals surface area contributed by atoms with Gasteiger partial charge < -0.3 is 5.32 Å². The van der Waals surface area contributed by atoms with E-state index in [9.17, 15) is 14.9 Å². The molecule has 3 aromatic rings. The van der Waals surface area contributed by atoms with Crippen LogP contribution in [0.1, 0.15) is 21.7 Å². The van der Waals surface area contributed by atoms with Crippen LogP contribution in [-0.4, -0.2) is 30.4 Å². The van der Waals surface area contributed by atoms with Crippen LogP contribution in [0.5, 0.6) is 0 Å². The predicted octanol–water partition coefficient (Wildman–Crippen LogP) is 2.79. The van der Waals surface area contributed by atoms with E-state index < -0.39 is 10.8 Å². The Morgan fingerprint density at radius 1 is 1.31 bits per heavy atom. The Labute approximate surface area is 153 Å². The summed E-state index contributed by atoms with van der Waals surface area (Å²) < 4.78 is 2.90. The lowest BCUT2D eigenvalue weighted by atomic mass is 10.2. The van der Waals surface area contributed by atoms with E-state index in [1.54, 1.807) is 23.0 Å². The highest BCUT2D eigenvalue weighted by atomic mass is 35.5. The van der Waals surface area contributed by atoms with E-state index in [-0.39, 0.29) is 17.2 Å². The fraction of sp³-hybridized carbons (Fsp3) is 0.188. The first kappa shape index (κ1) is 17.6. The highest BCUT2D eigenvalue weighted by Crippen LogP contribution is 2.23. The molecule has 26 heavy (non-hydrogen) atoms. The number of nitro groups is 1. The van der Waals surface area contributed by atoms with Gasteiger partial charge >= 0.3 is 5.69 Å². The van der Waals surface area contributed by atoms with Crippen molar-refractivity contribution in [2.75, 3.05) is 5.32 Å². The Balaban J connectivity index is 1.78. The standard InChI is InChI=1S/C16H15ClN6O3/c1-10-15(23(25)26)14(20-21(10)2)16(24)18-13-7-8-22(19-13)9-11-5-3-4-6-12(11)17/h3-8H,9H2,1-2H3,(H,18,19,24). The fourth-order valence-electron chi connectivity index (χ4n) is 2.46. The number of anilines is 1. The fourth-order valence-corrected chi connectivity index (χ4v) is 2.66. The van der Waals surface area contributed by atoms with Crippen LogP contribution in [0, 0.1) is 17.0 Å².